The number of rotatable bonds is 2. The molecular formula is C11H22N4O. The Hall–Kier alpha value is -0.650. The number of likely N-dealkylation sites (tertiary alicyclic amines) is 1. The molecule has 0 spiro atoms. The number of nitrogens with zero attached hydrogens (tertiary/aromatic N) is 2. The Bertz CT molecular complexity index is 232. The van der Waals surface area contributed by atoms with E-state index in [0.717, 1.165) is 52.1 Å². The zero-order valence-electron chi connectivity index (χ0n) is 9.82. The third-order valence-corrected chi connectivity index (χ3v) is 3.46. The third kappa shape index (κ3) is 3.17. The maximum absolute atomic E-state index is 12.0. The van der Waals surface area contributed by atoms with E-state index in [1.54, 1.807) is 0 Å². The number of carbonyl (C=O) groups is 1. The number of nitrogens with one attached hydrogen (secondary N) is 1. The van der Waals surface area contributed by atoms with Crippen molar-refractivity contribution in [1.82, 2.24) is 15.1 Å². The Kier molecular flexibility index (Phi) is 4.15. The van der Waals surface area contributed by atoms with Crippen molar-refractivity contribution in [2.75, 3.05) is 45.8 Å². The van der Waals surface area contributed by atoms with Crippen LogP contribution in [0.3, 0.4) is 0 Å². The van der Waals surface area contributed by atoms with Gasteiger partial charge in [-0.3, -0.25) is 9.69 Å². The van der Waals surface area contributed by atoms with Crippen LogP contribution < -0.4 is 11.1 Å². The van der Waals surface area contributed by atoms with Gasteiger partial charge in [-0.05, 0) is 12.8 Å². The van der Waals surface area contributed by atoms with Gasteiger partial charge in [-0.25, -0.2) is 0 Å². The minimum atomic E-state index is 0.275. The van der Waals surface area contributed by atoms with Crippen molar-refractivity contribution in [1.29, 1.82) is 0 Å². The predicted molar refractivity (Wildman–Crippen MR) is 63.1 cm³/mol. The van der Waals surface area contributed by atoms with Gasteiger partial charge in [0.05, 0.1) is 6.54 Å². The lowest BCUT2D eigenvalue weighted by Crippen LogP contribution is -2.51. The van der Waals surface area contributed by atoms with Crippen LogP contribution in [0.15, 0.2) is 0 Å². The predicted octanol–water partition coefficient (Wildman–Crippen LogP) is -1.16. The van der Waals surface area contributed by atoms with E-state index in [4.69, 9.17) is 5.73 Å². The number of hydrogen-bond donors (Lipinski definition) is 2. The van der Waals surface area contributed by atoms with Crippen LogP contribution in [0.1, 0.15) is 12.8 Å². The van der Waals surface area contributed by atoms with Crippen LogP contribution in [0.4, 0.5) is 0 Å². The number of piperidine rings is 1. The number of piperazine rings is 1. The van der Waals surface area contributed by atoms with Crippen molar-refractivity contribution in [3.63, 3.8) is 0 Å². The Labute approximate surface area is 96.9 Å². The summed E-state index contributed by atoms with van der Waals surface area (Å²) in [6.45, 7) is 6.08. The topological polar surface area (TPSA) is 61.6 Å². The zero-order chi connectivity index (χ0) is 11.4. The lowest BCUT2D eigenvalue weighted by atomic mass is 10.1. The first-order valence-electron chi connectivity index (χ1n) is 6.22. The maximum Gasteiger partial charge on any atom is 0.236 e. The van der Waals surface area contributed by atoms with Gasteiger partial charge in [0, 0.05) is 45.3 Å². The summed E-state index contributed by atoms with van der Waals surface area (Å²) in [6, 6.07) is 0.338. The molecule has 0 aromatic rings. The molecule has 1 amide bonds. The molecule has 0 saturated carbocycles. The Morgan fingerprint density at radius 3 is 2.44 bits per heavy atom. The van der Waals surface area contributed by atoms with Gasteiger partial charge in [-0.2, -0.15) is 0 Å². The second-order valence-electron chi connectivity index (χ2n) is 4.74. The van der Waals surface area contributed by atoms with E-state index in [-0.39, 0.29) is 5.91 Å². The van der Waals surface area contributed by atoms with Crippen molar-refractivity contribution in [3.8, 4) is 0 Å². The molecule has 0 unspecified atom stereocenters. The van der Waals surface area contributed by atoms with E-state index < -0.39 is 0 Å². The maximum atomic E-state index is 12.0. The smallest absolute Gasteiger partial charge is 0.236 e. The fourth-order valence-electron chi connectivity index (χ4n) is 2.32. The van der Waals surface area contributed by atoms with Crippen LogP contribution in [0.25, 0.3) is 0 Å². The van der Waals surface area contributed by atoms with E-state index in [0.29, 0.717) is 12.6 Å². The number of nitrogens with two attached hydrogens (primary N) is 1. The fraction of sp³-hybridized carbons (Fsp3) is 0.909. The molecule has 0 aromatic heterocycles. The second-order valence-corrected chi connectivity index (χ2v) is 4.74. The first-order valence-corrected chi connectivity index (χ1v) is 6.22. The highest BCUT2D eigenvalue weighted by molar-refractivity contribution is 5.78. The summed E-state index contributed by atoms with van der Waals surface area (Å²) >= 11 is 0. The molecule has 2 rings (SSSR count). The molecule has 5 heteroatoms. The quantitative estimate of drug-likeness (QED) is 0.623. The third-order valence-electron chi connectivity index (χ3n) is 3.46. The highest BCUT2D eigenvalue weighted by atomic mass is 16.2. The molecule has 0 atom stereocenters. The van der Waals surface area contributed by atoms with E-state index in [1.807, 2.05) is 4.90 Å². The number of carbonyl (C=O) groups excluding carboxylic acids is 1. The molecule has 3 N–H and O–H groups in total. The largest absolute Gasteiger partial charge is 0.339 e. The van der Waals surface area contributed by atoms with Gasteiger partial charge in [0.25, 0.3) is 0 Å². The molecule has 0 aliphatic carbocycles. The normalized spacial score (nSPS) is 24.7. The van der Waals surface area contributed by atoms with Crippen LogP contribution in [0.5, 0.6) is 0 Å². The molecule has 2 heterocycles. The first kappa shape index (κ1) is 11.8. The molecule has 0 bridgehead atoms. The first-order chi connectivity index (χ1) is 7.75. The van der Waals surface area contributed by atoms with Crippen LogP contribution in [0.2, 0.25) is 0 Å². The summed E-state index contributed by atoms with van der Waals surface area (Å²) in [5.41, 5.74) is 5.84. The summed E-state index contributed by atoms with van der Waals surface area (Å²) in [5, 5.41) is 3.25. The van der Waals surface area contributed by atoms with Gasteiger partial charge >= 0.3 is 0 Å². The zero-order valence-corrected chi connectivity index (χ0v) is 9.82. The minimum absolute atomic E-state index is 0.275. The van der Waals surface area contributed by atoms with E-state index in [1.165, 1.54) is 0 Å². The molecule has 92 valence electrons. The molecule has 5 nitrogen and oxygen atoms in total. The molecule has 0 radical (unpaired) electrons. The van der Waals surface area contributed by atoms with E-state index in [2.05, 4.69) is 10.2 Å². The summed E-state index contributed by atoms with van der Waals surface area (Å²) in [5.74, 6) is 0.275. The summed E-state index contributed by atoms with van der Waals surface area (Å²) in [6.07, 6.45) is 2.05. The minimum Gasteiger partial charge on any atom is -0.339 e. The lowest BCUT2D eigenvalue weighted by Gasteiger charge is -2.33. The van der Waals surface area contributed by atoms with Crippen molar-refractivity contribution >= 4 is 5.91 Å². The molecule has 0 aromatic carbocycles. The van der Waals surface area contributed by atoms with E-state index >= 15 is 0 Å². The van der Waals surface area contributed by atoms with Crippen molar-refractivity contribution in [3.05, 3.63) is 0 Å². The van der Waals surface area contributed by atoms with Gasteiger partial charge in [0.1, 0.15) is 0 Å². The van der Waals surface area contributed by atoms with E-state index in [9.17, 15) is 4.79 Å². The van der Waals surface area contributed by atoms with Gasteiger partial charge in [0.2, 0.25) is 5.91 Å². The standard InChI is InChI=1S/C11H22N4O/c12-10-1-5-14(6-2-10)9-11(16)15-7-3-13-4-8-15/h10,13H,1-9,12H2. The Balaban J connectivity index is 1.73. The molecule has 2 aliphatic heterocycles. The summed E-state index contributed by atoms with van der Waals surface area (Å²) in [7, 11) is 0. The molecule has 2 saturated heterocycles. The van der Waals surface area contributed by atoms with Gasteiger partial charge in [-0.15, -0.1) is 0 Å². The van der Waals surface area contributed by atoms with Crippen LogP contribution in [0, 0.1) is 0 Å². The number of amides is 1. The Morgan fingerprint density at radius 1 is 1.19 bits per heavy atom. The fourth-order valence-corrected chi connectivity index (χ4v) is 2.32. The number of hydrogen-bond acceptors (Lipinski definition) is 4. The van der Waals surface area contributed by atoms with Gasteiger partial charge < -0.3 is 16.0 Å². The van der Waals surface area contributed by atoms with Crippen LogP contribution >= 0.6 is 0 Å². The SMILES string of the molecule is NC1CCN(CC(=O)N2CCNCC2)CC1. The average molecular weight is 226 g/mol. The van der Waals surface area contributed by atoms with Crippen molar-refractivity contribution in [2.24, 2.45) is 5.73 Å². The highest BCUT2D eigenvalue weighted by Gasteiger charge is 2.22. The Morgan fingerprint density at radius 2 is 1.81 bits per heavy atom. The lowest BCUT2D eigenvalue weighted by molar-refractivity contribution is -0.133. The van der Waals surface area contributed by atoms with Crippen molar-refractivity contribution in [2.45, 2.75) is 18.9 Å². The molecule has 16 heavy (non-hydrogen) atoms. The monoisotopic (exact) mass is 226 g/mol. The van der Waals surface area contributed by atoms with Gasteiger partial charge in [-0.1, -0.05) is 0 Å². The summed E-state index contributed by atoms with van der Waals surface area (Å²) < 4.78 is 0. The van der Waals surface area contributed by atoms with Crippen LogP contribution in [-0.4, -0.2) is 67.6 Å². The molecule has 2 fully saturated rings. The van der Waals surface area contributed by atoms with Crippen molar-refractivity contribution < 1.29 is 4.79 Å². The molecular weight excluding hydrogens is 204 g/mol. The van der Waals surface area contributed by atoms with Crippen LogP contribution in [-0.2, 0) is 4.79 Å². The highest BCUT2D eigenvalue weighted by Crippen LogP contribution is 2.08. The van der Waals surface area contributed by atoms with Gasteiger partial charge in [0.15, 0.2) is 0 Å². The second kappa shape index (κ2) is 5.61. The summed E-state index contributed by atoms with van der Waals surface area (Å²) in [4.78, 5) is 16.2. The molecule has 2 aliphatic rings. The average Bonchev–Trinajstić information content (AvgIpc) is 2.33.